The number of nitrogens with one attached hydrogen (secondary N) is 1. The van der Waals surface area contributed by atoms with Gasteiger partial charge in [0.15, 0.2) is 0 Å². The van der Waals surface area contributed by atoms with Crippen molar-refractivity contribution in [3.05, 3.63) is 52.2 Å². The molecule has 1 unspecified atom stereocenters. The fourth-order valence-corrected chi connectivity index (χ4v) is 3.62. The Morgan fingerprint density at radius 3 is 2.95 bits per heavy atom. The van der Waals surface area contributed by atoms with Gasteiger partial charge in [0.2, 0.25) is 0 Å². The molecule has 0 bridgehead atoms. The number of hydrogen-bond acceptors (Lipinski definition) is 3. The zero-order valence-electron chi connectivity index (χ0n) is 11.6. The number of hydrogen-bond donors (Lipinski definition) is 1. The molecule has 0 radical (unpaired) electrons. The maximum absolute atomic E-state index is 13.2. The Morgan fingerprint density at radius 1 is 1.45 bits per heavy atom. The molecule has 1 aromatic carbocycles. The van der Waals surface area contributed by atoms with Gasteiger partial charge in [0.25, 0.3) is 0 Å². The van der Waals surface area contributed by atoms with Crippen LogP contribution in [0.5, 0.6) is 0 Å². The third kappa shape index (κ3) is 2.91. The van der Waals surface area contributed by atoms with Gasteiger partial charge in [-0.1, -0.05) is 19.1 Å². The van der Waals surface area contributed by atoms with E-state index in [1.165, 1.54) is 11.1 Å². The monoisotopic (exact) mass is 290 g/mol. The maximum atomic E-state index is 13.2. The van der Waals surface area contributed by atoms with Crippen LogP contribution in [0.3, 0.4) is 0 Å². The second-order valence-corrected chi connectivity index (χ2v) is 6.34. The zero-order valence-corrected chi connectivity index (χ0v) is 12.4. The average Bonchev–Trinajstić information content (AvgIpc) is 2.91. The lowest BCUT2D eigenvalue weighted by atomic mass is 9.75. The van der Waals surface area contributed by atoms with Gasteiger partial charge < -0.3 is 5.32 Å². The van der Waals surface area contributed by atoms with Gasteiger partial charge in [-0.05, 0) is 42.9 Å². The molecule has 1 N–H and O–H groups in total. The van der Waals surface area contributed by atoms with Gasteiger partial charge in [0.05, 0.1) is 6.04 Å². The number of nitrogens with zero attached hydrogens (tertiary/aromatic N) is 1. The van der Waals surface area contributed by atoms with E-state index in [2.05, 4.69) is 17.2 Å². The summed E-state index contributed by atoms with van der Waals surface area (Å²) in [5.74, 6) is 0.366. The van der Waals surface area contributed by atoms with Crippen LogP contribution in [-0.4, -0.2) is 11.0 Å². The second-order valence-electron chi connectivity index (χ2n) is 5.42. The number of halogens is 1. The van der Waals surface area contributed by atoms with Crippen molar-refractivity contribution in [1.82, 2.24) is 10.3 Å². The Bertz CT molecular complexity index is 549. The van der Waals surface area contributed by atoms with E-state index in [1.54, 1.807) is 23.5 Å². The third-order valence-electron chi connectivity index (χ3n) is 4.05. The van der Waals surface area contributed by atoms with Crippen molar-refractivity contribution in [3.8, 4) is 0 Å². The number of aromatic nitrogens is 1. The summed E-state index contributed by atoms with van der Waals surface area (Å²) in [5.41, 5.74) is 1.13. The van der Waals surface area contributed by atoms with Crippen molar-refractivity contribution in [2.75, 3.05) is 0 Å². The molecule has 2 nitrogen and oxygen atoms in total. The predicted octanol–water partition coefficient (Wildman–Crippen LogP) is 4.27. The fraction of sp³-hybridized carbons (Fsp3) is 0.438. The summed E-state index contributed by atoms with van der Waals surface area (Å²) in [6.07, 6.45) is 5.09. The summed E-state index contributed by atoms with van der Waals surface area (Å²) in [6.45, 7) is 2.18. The smallest absolute Gasteiger partial charge is 0.123 e. The highest BCUT2D eigenvalue weighted by molar-refractivity contribution is 7.09. The first-order valence-corrected chi connectivity index (χ1v) is 8.05. The van der Waals surface area contributed by atoms with E-state index in [9.17, 15) is 4.39 Å². The van der Waals surface area contributed by atoms with Crippen molar-refractivity contribution in [2.45, 2.75) is 44.2 Å². The van der Waals surface area contributed by atoms with Crippen LogP contribution in [0.1, 0.15) is 48.7 Å². The van der Waals surface area contributed by atoms with Crippen LogP contribution in [0, 0.1) is 5.82 Å². The number of rotatable bonds is 5. The van der Waals surface area contributed by atoms with Crippen LogP contribution in [-0.2, 0) is 0 Å². The molecule has 0 amide bonds. The first-order valence-electron chi connectivity index (χ1n) is 7.17. The lowest BCUT2D eigenvalue weighted by molar-refractivity contribution is 0.262. The zero-order chi connectivity index (χ0) is 13.9. The highest BCUT2D eigenvalue weighted by Gasteiger charge is 2.32. The highest BCUT2D eigenvalue weighted by atomic mass is 32.1. The van der Waals surface area contributed by atoms with E-state index >= 15 is 0 Å². The highest BCUT2D eigenvalue weighted by Crippen LogP contribution is 2.38. The Hall–Kier alpha value is -1.26. The largest absolute Gasteiger partial charge is 0.305 e. The summed E-state index contributed by atoms with van der Waals surface area (Å²) in [4.78, 5) is 4.39. The van der Waals surface area contributed by atoms with Gasteiger partial charge in [-0.2, -0.15) is 0 Å². The Balaban J connectivity index is 1.55. The molecule has 1 saturated carbocycles. The van der Waals surface area contributed by atoms with Crippen LogP contribution in [0.2, 0.25) is 0 Å². The molecule has 0 aliphatic heterocycles. The summed E-state index contributed by atoms with van der Waals surface area (Å²) < 4.78 is 13.2. The van der Waals surface area contributed by atoms with E-state index in [1.807, 2.05) is 17.6 Å². The molecule has 1 aliphatic carbocycles. The van der Waals surface area contributed by atoms with Crippen molar-refractivity contribution in [2.24, 2.45) is 0 Å². The molecule has 20 heavy (non-hydrogen) atoms. The molecule has 2 aromatic rings. The molecule has 1 heterocycles. The van der Waals surface area contributed by atoms with Crippen molar-refractivity contribution in [3.63, 3.8) is 0 Å². The summed E-state index contributed by atoms with van der Waals surface area (Å²) >= 11 is 1.71. The van der Waals surface area contributed by atoms with E-state index in [-0.39, 0.29) is 5.82 Å². The van der Waals surface area contributed by atoms with Gasteiger partial charge in [0, 0.05) is 17.6 Å². The van der Waals surface area contributed by atoms with Crippen LogP contribution in [0.25, 0.3) is 0 Å². The molecule has 1 aliphatic rings. The number of benzene rings is 1. The molecule has 1 aromatic heterocycles. The van der Waals surface area contributed by atoms with Gasteiger partial charge in [-0.15, -0.1) is 11.3 Å². The van der Waals surface area contributed by atoms with Gasteiger partial charge in [0.1, 0.15) is 10.8 Å². The average molecular weight is 290 g/mol. The van der Waals surface area contributed by atoms with Crippen LogP contribution in [0.15, 0.2) is 35.8 Å². The second kappa shape index (κ2) is 6.02. The summed E-state index contributed by atoms with van der Waals surface area (Å²) in [5, 5.41) is 6.87. The first kappa shape index (κ1) is 13.7. The molecule has 3 rings (SSSR count). The predicted molar refractivity (Wildman–Crippen MR) is 80.4 cm³/mol. The topological polar surface area (TPSA) is 24.9 Å². The van der Waals surface area contributed by atoms with Crippen LogP contribution < -0.4 is 5.32 Å². The first-order chi connectivity index (χ1) is 9.76. The standard InChI is InChI=1S/C16H19FN2S/c1-2-15(16-18-6-7-20-16)19-14-9-12(10-14)11-4-3-5-13(17)8-11/h3-8,12,14-15,19H,2,9-10H2,1H3. The summed E-state index contributed by atoms with van der Waals surface area (Å²) in [7, 11) is 0. The molecule has 0 spiro atoms. The van der Waals surface area contributed by atoms with E-state index in [0.717, 1.165) is 24.8 Å². The molecular weight excluding hydrogens is 271 g/mol. The molecule has 1 fully saturated rings. The molecule has 0 saturated heterocycles. The minimum atomic E-state index is -0.131. The van der Waals surface area contributed by atoms with Crippen molar-refractivity contribution >= 4 is 11.3 Å². The van der Waals surface area contributed by atoms with Gasteiger partial charge in [-0.3, -0.25) is 0 Å². The van der Waals surface area contributed by atoms with Crippen molar-refractivity contribution < 1.29 is 4.39 Å². The maximum Gasteiger partial charge on any atom is 0.123 e. The Morgan fingerprint density at radius 2 is 2.30 bits per heavy atom. The van der Waals surface area contributed by atoms with E-state index < -0.39 is 0 Å². The van der Waals surface area contributed by atoms with E-state index in [4.69, 9.17) is 0 Å². The Labute approximate surface area is 123 Å². The van der Waals surface area contributed by atoms with Crippen molar-refractivity contribution in [1.29, 1.82) is 0 Å². The fourth-order valence-electron chi connectivity index (χ4n) is 2.84. The lowest BCUT2D eigenvalue weighted by Gasteiger charge is -2.38. The van der Waals surface area contributed by atoms with Gasteiger partial charge in [-0.25, -0.2) is 9.37 Å². The number of thiazole rings is 1. The summed E-state index contributed by atoms with van der Waals surface area (Å²) in [6, 6.07) is 7.88. The SMILES string of the molecule is CCC(NC1CC(c2cccc(F)c2)C1)c1nccs1. The normalized spacial score (nSPS) is 23.3. The quantitative estimate of drug-likeness (QED) is 0.889. The Kier molecular flexibility index (Phi) is 4.13. The third-order valence-corrected chi connectivity index (χ3v) is 4.94. The minimum absolute atomic E-state index is 0.131. The van der Waals surface area contributed by atoms with E-state index in [0.29, 0.717) is 18.0 Å². The molecule has 106 valence electrons. The van der Waals surface area contributed by atoms with Gasteiger partial charge >= 0.3 is 0 Å². The van der Waals surface area contributed by atoms with Crippen LogP contribution in [0.4, 0.5) is 4.39 Å². The molecular formula is C16H19FN2S. The minimum Gasteiger partial charge on any atom is -0.305 e. The lowest BCUT2D eigenvalue weighted by Crippen LogP contribution is -2.41. The molecule has 1 atom stereocenters. The molecule has 4 heteroatoms. The van der Waals surface area contributed by atoms with Crippen LogP contribution >= 0.6 is 11.3 Å².